The predicted octanol–water partition coefficient (Wildman–Crippen LogP) is 1.92. The number of aromatic carboxylic acids is 1. The molecule has 1 aromatic carbocycles. The van der Waals surface area contributed by atoms with Crippen molar-refractivity contribution >= 4 is 5.97 Å². The van der Waals surface area contributed by atoms with Crippen LogP contribution in [-0.2, 0) is 6.54 Å². The van der Waals surface area contributed by atoms with Crippen LogP contribution in [0.25, 0.3) is 0 Å². The number of rotatable bonds is 5. The number of aromatic nitrogens is 1. The van der Waals surface area contributed by atoms with Crippen molar-refractivity contribution < 1.29 is 19.4 Å². The van der Waals surface area contributed by atoms with E-state index in [2.05, 4.69) is 0 Å². The molecule has 0 saturated heterocycles. The summed E-state index contributed by atoms with van der Waals surface area (Å²) in [5.74, 6) is -0.151. The molecule has 2 rings (SSSR count). The smallest absolute Gasteiger partial charge is 0.341 e. The van der Waals surface area contributed by atoms with E-state index in [4.69, 9.17) is 14.6 Å². The SMILES string of the molecule is COc1cccc(Cn2ccc(C)c(C(=O)O)c2=O)c1OC. The van der Waals surface area contributed by atoms with Crippen molar-refractivity contribution in [3.8, 4) is 11.5 Å². The van der Waals surface area contributed by atoms with E-state index < -0.39 is 11.5 Å². The number of carboxylic acid groups (broad SMARTS) is 1. The monoisotopic (exact) mass is 303 g/mol. The first kappa shape index (κ1) is 15.6. The summed E-state index contributed by atoms with van der Waals surface area (Å²) in [4.78, 5) is 23.5. The van der Waals surface area contributed by atoms with Crippen LogP contribution in [0.2, 0.25) is 0 Å². The Morgan fingerprint density at radius 1 is 1.23 bits per heavy atom. The average Bonchev–Trinajstić information content (AvgIpc) is 2.49. The zero-order valence-electron chi connectivity index (χ0n) is 12.6. The van der Waals surface area contributed by atoms with Gasteiger partial charge in [0.2, 0.25) is 0 Å². The molecule has 6 nitrogen and oxygen atoms in total. The topological polar surface area (TPSA) is 77.8 Å². The zero-order valence-corrected chi connectivity index (χ0v) is 12.6. The lowest BCUT2D eigenvalue weighted by atomic mass is 10.1. The minimum absolute atomic E-state index is 0.194. The van der Waals surface area contributed by atoms with Gasteiger partial charge in [-0.1, -0.05) is 12.1 Å². The van der Waals surface area contributed by atoms with Gasteiger partial charge in [0.15, 0.2) is 11.5 Å². The molecule has 2 aromatic rings. The van der Waals surface area contributed by atoms with Crippen LogP contribution in [0.3, 0.4) is 0 Å². The Hall–Kier alpha value is -2.76. The van der Waals surface area contributed by atoms with Crippen molar-refractivity contribution in [1.82, 2.24) is 4.57 Å². The van der Waals surface area contributed by atoms with Gasteiger partial charge in [0.25, 0.3) is 5.56 Å². The molecular weight excluding hydrogens is 286 g/mol. The van der Waals surface area contributed by atoms with Crippen LogP contribution in [0.5, 0.6) is 11.5 Å². The summed E-state index contributed by atoms with van der Waals surface area (Å²) in [5, 5.41) is 9.16. The van der Waals surface area contributed by atoms with Crippen molar-refractivity contribution in [3.05, 3.63) is 57.5 Å². The molecule has 0 bridgehead atoms. The van der Waals surface area contributed by atoms with Gasteiger partial charge in [-0.2, -0.15) is 0 Å². The summed E-state index contributed by atoms with van der Waals surface area (Å²) in [6.07, 6.45) is 1.57. The summed E-state index contributed by atoms with van der Waals surface area (Å²) < 4.78 is 11.9. The van der Waals surface area contributed by atoms with Gasteiger partial charge >= 0.3 is 5.97 Å². The fraction of sp³-hybridized carbons (Fsp3) is 0.250. The highest BCUT2D eigenvalue weighted by Crippen LogP contribution is 2.30. The number of hydrogen-bond donors (Lipinski definition) is 1. The van der Waals surface area contributed by atoms with E-state index in [1.54, 1.807) is 37.4 Å². The van der Waals surface area contributed by atoms with Crippen LogP contribution in [0.1, 0.15) is 21.5 Å². The van der Waals surface area contributed by atoms with E-state index in [1.807, 2.05) is 0 Å². The van der Waals surface area contributed by atoms with Crippen molar-refractivity contribution in [3.63, 3.8) is 0 Å². The summed E-state index contributed by atoms with van der Waals surface area (Å²) in [5.41, 5.74) is 0.400. The number of methoxy groups -OCH3 is 2. The van der Waals surface area contributed by atoms with Crippen LogP contribution in [0.4, 0.5) is 0 Å². The molecule has 0 atom stereocenters. The molecule has 0 radical (unpaired) electrons. The van der Waals surface area contributed by atoms with E-state index >= 15 is 0 Å². The summed E-state index contributed by atoms with van der Waals surface area (Å²) in [7, 11) is 3.05. The number of pyridine rings is 1. The average molecular weight is 303 g/mol. The number of aryl methyl sites for hydroxylation is 1. The lowest BCUT2D eigenvalue weighted by Gasteiger charge is -2.14. The summed E-state index contributed by atoms with van der Waals surface area (Å²) >= 11 is 0. The van der Waals surface area contributed by atoms with Crippen LogP contribution in [0.15, 0.2) is 35.3 Å². The van der Waals surface area contributed by atoms with Crippen LogP contribution in [0, 0.1) is 6.92 Å². The van der Waals surface area contributed by atoms with Gasteiger partial charge in [-0.25, -0.2) is 4.79 Å². The molecule has 0 unspecified atom stereocenters. The van der Waals surface area contributed by atoms with E-state index in [9.17, 15) is 9.59 Å². The first-order chi connectivity index (χ1) is 10.5. The Bertz CT molecular complexity index is 764. The molecule has 0 saturated carbocycles. The quantitative estimate of drug-likeness (QED) is 0.913. The molecule has 22 heavy (non-hydrogen) atoms. The fourth-order valence-corrected chi connectivity index (χ4v) is 2.31. The molecule has 6 heteroatoms. The van der Waals surface area contributed by atoms with Gasteiger partial charge in [-0.3, -0.25) is 4.79 Å². The number of carboxylic acids is 1. The lowest BCUT2D eigenvalue weighted by Crippen LogP contribution is -2.27. The van der Waals surface area contributed by atoms with Gasteiger partial charge in [0, 0.05) is 11.8 Å². The number of para-hydroxylation sites is 1. The van der Waals surface area contributed by atoms with Crippen molar-refractivity contribution in [1.29, 1.82) is 0 Å². The maximum Gasteiger partial charge on any atom is 0.341 e. The van der Waals surface area contributed by atoms with Gasteiger partial charge in [0.1, 0.15) is 5.56 Å². The Morgan fingerprint density at radius 2 is 1.95 bits per heavy atom. The third kappa shape index (κ3) is 2.81. The second-order valence-corrected chi connectivity index (χ2v) is 4.76. The molecule has 1 N–H and O–H groups in total. The Kier molecular flexibility index (Phi) is 4.50. The second-order valence-electron chi connectivity index (χ2n) is 4.76. The molecule has 0 aliphatic rings. The number of carbonyl (C=O) groups is 1. The van der Waals surface area contributed by atoms with Gasteiger partial charge in [-0.05, 0) is 24.6 Å². The van der Waals surface area contributed by atoms with E-state index in [0.717, 1.165) is 5.56 Å². The molecule has 116 valence electrons. The molecule has 0 aliphatic heterocycles. The minimum atomic E-state index is -1.23. The Labute approximate surface area is 127 Å². The summed E-state index contributed by atoms with van der Waals surface area (Å²) in [6, 6.07) is 6.95. The van der Waals surface area contributed by atoms with E-state index in [1.165, 1.54) is 18.8 Å². The first-order valence-electron chi connectivity index (χ1n) is 6.62. The van der Waals surface area contributed by atoms with Crippen LogP contribution < -0.4 is 15.0 Å². The highest BCUT2D eigenvalue weighted by Gasteiger charge is 2.16. The van der Waals surface area contributed by atoms with Gasteiger partial charge < -0.3 is 19.1 Å². The second kappa shape index (κ2) is 6.34. The van der Waals surface area contributed by atoms with Crippen LogP contribution >= 0.6 is 0 Å². The third-order valence-corrected chi connectivity index (χ3v) is 3.41. The number of benzene rings is 1. The van der Waals surface area contributed by atoms with Gasteiger partial charge in [0.05, 0.1) is 20.8 Å². The number of hydrogen-bond acceptors (Lipinski definition) is 4. The fourth-order valence-electron chi connectivity index (χ4n) is 2.31. The lowest BCUT2D eigenvalue weighted by molar-refractivity contribution is 0.0693. The van der Waals surface area contributed by atoms with E-state index in [-0.39, 0.29) is 12.1 Å². The van der Waals surface area contributed by atoms with E-state index in [0.29, 0.717) is 17.1 Å². The predicted molar refractivity (Wildman–Crippen MR) is 81.0 cm³/mol. The Morgan fingerprint density at radius 3 is 2.55 bits per heavy atom. The van der Waals surface area contributed by atoms with Crippen LogP contribution in [-0.4, -0.2) is 29.9 Å². The van der Waals surface area contributed by atoms with Crippen molar-refractivity contribution in [2.24, 2.45) is 0 Å². The highest BCUT2D eigenvalue weighted by atomic mass is 16.5. The molecule has 0 aliphatic carbocycles. The standard InChI is InChI=1S/C16H17NO5/c1-10-7-8-17(15(18)13(10)16(19)20)9-11-5-4-6-12(21-2)14(11)22-3/h4-8H,9H2,1-3H3,(H,19,20). The zero-order chi connectivity index (χ0) is 16.3. The normalized spacial score (nSPS) is 10.3. The number of nitrogens with zero attached hydrogens (tertiary/aromatic N) is 1. The largest absolute Gasteiger partial charge is 0.493 e. The molecule has 1 heterocycles. The van der Waals surface area contributed by atoms with Crippen molar-refractivity contribution in [2.45, 2.75) is 13.5 Å². The molecular formula is C16H17NO5. The Balaban J connectivity index is 2.51. The first-order valence-corrected chi connectivity index (χ1v) is 6.62. The van der Waals surface area contributed by atoms with Crippen molar-refractivity contribution in [2.75, 3.05) is 14.2 Å². The highest BCUT2D eigenvalue weighted by molar-refractivity contribution is 5.88. The summed E-state index contributed by atoms with van der Waals surface area (Å²) in [6.45, 7) is 1.79. The maximum atomic E-state index is 12.3. The third-order valence-electron chi connectivity index (χ3n) is 3.41. The number of ether oxygens (including phenoxy) is 2. The molecule has 0 fully saturated rings. The van der Waals surface area contributed by atoms with Gasteiger partial charge in [-0.15, -0.1) is 0 Å². The minimum Gasteiger partial charge on any atom is -0.493 e. The molecule has 0 spiro atoms. The maximum absolute atomic E-state index is 12.3. The molecule has 1 aromatic heterocycles. The molecule has 0 amide bonds.